The number of carbonyl (C=O) groups excluding carboxylic acids is 1. The summed E-state index contributed by atoms with van der Waals surface area (Å²) in [6.45, 7) is 9.01. The van der Waals surface area contributed by atoms with Crippen molar-refractivity contribution in [3.05, 3.63) is 59.9 Å². The van der Waals surface area contributed by atoms with Crippen molar-refractivity contribution in [3.8, 4) is 5.75 Å². The first-order chi connectivity index (χ1) is 13.6. The van der Waals surface area contributed by atoms with Crippen LogP contribution in [-0.2, 0) is 11.3 Å². The minimum Gasteiger partial charge on any atom is -0.489 e. The maximum Gasteiger partial charge on any atom is 0.251 e. The van der Waals surface area contributed by atoms with Crippen LogP contribution in [-0.4, -0.2) is 54.7 Å². The molecule has 1 saturated heterocycles. The molecule has 1 atom stereocenters. The largest absolute Gasteiger partial charge is 0.489 e. The van der Waals surface area contributed by atoms with Crippen LogP contribution >= 0.6 is 0 Å². The van der Waals surface area contributed by atoms with E-state index in [1.807, 2.05) is 24.3 Å². The summed E-state index contributed by atoms with van der Waals surface area (Å²) >= 11 is 0. The van der Waals surface area contributed by atoms with Crippen molar-refractivity contribution < 1.29 is 14.3 Å². The Labute approximate surface area is 166 Å². The number of hydrogen-bond acceptors (Lipinski definition) is 5. The lowest BCUT2D eigenvalue weighted by Crippen LogP contribution is -2.48. The van der Waals surface area contributed by atoms with Gasteiger partial charge < -0.3 is 14.8 Å². The highest BCUT2D eigenvalue weighted by Crippen LogP contribution is 2.14. The number of pyridine rings is 1. The molecule has 0 saturated carbocycles. The van der Waals surface area contributed by atoms with E-state index < -0.39 is 0 Å². The Balaban J connectivity index is 1.44. The summed E-state index contributed by atoms with van der Waals surface area (Å²) in [5.41, 5.74) is 1.62. The molecule has 0 aliphatic carbocycles. The van der Waals surface area contributed by atoms with Crippen LogP contribution in [0.3, 0.4) is 0 Å². The molecule has 1 N–H and O–H groups in total. The third kappa shape index (κ3) is 6.32. The molecule has 28 heavy (non-hydrogen) atoms. The van der Waals surface area contributed by atoms with Gasteiger partial charge in [0, 0.05) is 49.7 Å². The summed E-state index contributed by atoms with van der Waals surface area (Å²) in [4.78, 5) is 18.9. The normalized spacial score (nSPS) is 17.5. The van der Waals surface area contributed by atoms with Crippen molar-refractivity contribution in [2.24, 2.45) is 5.92 Å². The molecule has 6 heteroatoms. The summed E-state index contributed by atoms with van der Waals surface area (Å²) in [6, 6.07) is 11.0. The van der Waals surface area contributed by atoms with Crippen molar-refractivity contribution in [1.29, 1.82) is 0 Å². The summed E-state index contributed by atoms with van der Waals surface area (Å²) < 4.78 is 11.5. The number of aromatic nitrogens is 1. The number of amides is 1. The molecule has 1 amide bonds. The molecule has 1 aromatic heterocycles. The molecular formula is C22H29N3O3. The fourth-order valence-electron chi connectivity index (χ4n) is 3.25. The monoisotopic (exact) mass is 383 g/mol. The average Bonchev–Trinajstić information content (AvgIpc) is 2.71. The number of nitrogens with one attached hydrogen (secondary N) is 1. The average molecular weight is 383 g/mol. The second kappa shape index (κ2) is 10.2. The van der Waals surface area contributed by atoms with E-state index in [9.17, 15) is 4.79 Å². The van der Waals surface area contributed by atoms with Gasteiger partial charge in [-0.05, 0) is 36.2 Å². The Kier molecular flexibility index (Phi) is 7.39. The maximum atomic E-state index is 12.4. The minimum atomic E-state index is -0.0941. The summed E-state index contributed by atoms with van der Waals surface area (Å²) in [5, 5.41) is 2.98. The van der Waals surface area contributed by atoms with Crippen molar-refractivity contribution in [3.63, 3.8) is 0 Å². The molecule has 2 aromatic rings. The molecule has 150 valence electrons. The maximum absolute atomic E-state index is 12.4. The molecule has 0 unspecified atom stereocenters. The second-order valence-corrected chi connectivity index (χ2v) is 7.53. The zero-order valence-electron chi connectivity index (χ0n) is 16.6. The van der Waals surface area contributed by atoms with Gasteiger partial charge in [-0.1, -0.05) is 19.9 Å². The van der Waals surface area contributed by atoms with Crippen LogP contribution in [0.2, 0.25) is 0 Å². The first kappa shape index (κ1) is 20.3. The Morgan fingerprint density at radius 2 is 2.14 bits per heavy atom. The second-order valence-electron chi connectivity index (χ2n) is 7.53. The van der Waals surface area contributed by atoms with E-state index in [0.29, 0.717) is 24.6 Å². The van der Waals surface area contributed by atoms with E-state index in [2.05, 4.69) is 29.0 Å². The molecular weight excluding hydrogens is 354 g/mol. The molecule has 1 aliphatic rings. The van der Waals surface area contributed by atoms with Gasteiger partial charge in [-0.2, -0.15) is 0 Å². The molecule has 2 heterocycles. The van der Waals surface area contributed by atoms with Gasteiger partial charge in [0.25, 0.3) is 5.91 Å². The molecule has 1 fully saturated rings. The van der Waals surface area contributed by atoms with E-state index >= 15 is 0 Å². The number of ether oxygens (including phenoxy) is 2. The van der Waals surface area contributed by atoms with Gasteiger partial charge in [-0.3, -0.25) is 14.7 Å². The Bertz CT molecular complexity index is 734. The van der Waals surface area contributed by atoms with Crippen molar-refractivity contribution in [2.45, 2.75) is 26.6 Å². The predicted molar refractivity (Wildman–Crippen MR) is 108 cm³/mol. The third-order valence-electron chi connectivity index (χ3n) is 4.58. The summed E-state index contributed by atoms with van der Waals surface area (Å²) in [5.74, 6) is 1.26. The van der Waals surface area contributed by atoms with Crippen LogP contribution in [0, 0.1) is 5.92 Å². The highest BCUT2D eigenvalue weighted by atomic mass is 16.5. The zero-order valence-corrected chi connectivity index (χ0v) is 16.6. The van der Waals surface area contributed by atoms with Crippen LogP contribution < -0.4 is 10.1 Å². The lowest BCUT2D eigenvalue weighted by atomic mass is 10.1. The SMILES string of the molecule is CC(C)CN1CCO[C@@H](CNC(=O)c2ccc(OCc3cccnc3)cc2)C1. The van der Waals surface area contributed by atoms with Crippen molar-refractivity contribution >= 4 is 5.91 Å². The van der Waals surface area contributed by atoms with Gasteiger partial charge >= 0.3 is 0 Å². The van der Waals surface area contributed by atoms with Crippen LogP contribution in [0.1, 0.15) is 29.8 Å². The van der Waals surface area contributed by atoms with Crippen LogP contribution in [0.25, 0.3) is 0 Å². The van der Waals surface area contributed by atoms with Crippen molar-refractivity contribution in [2.75, 3.05) is 32.8 Å². The molecule has 0 spiro atoms. The van der Waals surface area contributed by atoms with Gasteiger partial charge in [-0.25, -0.2) is 0 Å². The van der Waals surface area contributed by atoms with Gasteiger partial charge in [0.1, 0.15) is 12.4 Å². The lowest BCUT2D eigenvalue weighted by Gasteiger charge is -2.33. The van der Waals surface area contributed by atoms with Gasteiger partial charge in [0.05, 0.1) is 12.7 Å². The van der Waals surface area contributed by atoms with Gasteiger partial charge in [0.15, 0.2) is 0 Å². The number of nitrogens with zero attached hydrogens (tertiary/aromatic N) is 2. The van der Waals surface area contributed by atoms with Crippen molar-refractivity contribution in [1.82, 2.24) is 15.2 Å². The van der Waals surface area contributed by atoms with E-state index in [0.717, 1.165) is 37.6 Å². The number of hydrogen-bond donors (Lipinski definition) is 1. The van der Waals surface area contributed by atoms with Crippen LogP contribution in [0.4, 0.5) is 0 Å². The van der Waals surface area contributed by atoms with E-state index in [-0.39, 0.29) is 12.0 Å². The lowest BCUT2D eigenvalue weighted by molar-refractivity contribution is -0.0295. The summed E-state index contributed by atoms with van der Waals surface area (Å²) in [6.07, 6.45) is 3.55. The molecule has 6 nitrogen and oxygen atoms in total. The molecule has 0 bridgehead atoms. The van der Waals surface area contributed by atoms with Gasteiger partial charge in [-0.15, -0.1) is 0 Å². The standard InChI is InChI=1S/C22H29N3O3/c1-17(2)14-25-10-11-27-21(15-25)13-24-22(26)19-5-7-20(8-6-19)28-16-18-4-3-9-23-12-18/h3-9,12,17,21H,10-11,13-16H2,1-2H3,(H,24,26)/t21-/m0/s1. The van der Waals surface area contributed by atoms with E-state index in [4.69, 9.17) is 9.47 Å². The highest BCUT2D eigenvalue weighted by molar-refractivity contribution is 5.94. The van der Waals surface area contributed by atoms with E-state index in [1.54, 1.807) is 24.5 Å². The fourth-order valence-corrected chi connectivity index (χ4v) is 3.25. The number of morpholine rings is 1. The van der Waals surface area contributed by atoms with E-state index in [1.165, 1.54) is 0 Å². The molecule has 3 rings (SSSR count). The first-order valence-electron chi connectivity index (χ1n) is 9.84. The highest BCUT2D eigenvalue weighted by Gasteiger charge is 2.21. The summed E-state index contributed by atoms with van der Waals surface area (Å²) in [7, 11) is 0. The smallest absolute Gasteiger partial charge is 0.251 e. The molecule has 0 radical (unpaired) electrons. The minimum absolute atomic E-state index is 0.0403. The van der Waals surface area contributed by atoms with Crippen LogP contribution in [0.15, 0.2) is 48.8 Å². The topological polar surface area (TPSA) is 63.7 Å². The Hall–Kier alpha value is -2.44. The Morgan fingerprint density at radius 3 is 2.86 bits per heavy atom. The van der Waals surface area contributed by atoms with Gasteiger partial charge in [0.2, 0.25) is 0 Å². The quantitative estimate of drug-likeness (QED) is 0.759. The predicted octanol–water partition coefficient (Wildman–Crippen LogP) is 2.75. The number of benzene rings is 1. The third-order valence-corrected chi connectivity index (χ3v) is 4.58. The van der Waals surface area contributed by atoms with Crippen LogP contribution in [0.5, 0.6) is 5.75 Å². The number of rotatable bonds is 8. The molecule has 1 aromatic carbocycles. The fraction of sp³-hybridized carbons (Fsp3) is 0.455. The first-order valence-corrected chi connectivity index (χ1v) is 9.84. The zero-order chi connectivity index (χ0) is 19.8. The number of carbonyl (C=O) groups is 1. The Morgan fingerprint density at radius 1 is 1.32 bits per heavy atom. The molecule has 1 aliphatic heterocycles.